The van der Waals surface area contributed by atoms with Gasteiger partial charge in [0.15, 0.2) is 0 Å². The van der Waals surface area contributed by atoms with E-state index in [1.807, 2.05) is 0 Å². The maximum Gasteiger partial charge on any atom is 0.368 e. The number of halogens is 1. The lowest BCUT2D eigenvalue weighted by Gasteiger charge is -2.25. The van der Waals surface area contributed by atoms with Crippen molar-refractivity contribution in [1.29, 1.82) is 0 Å². The van der Waals surface area contributed by atoms with Gasteiger partial charge >= 0.3 is 10.2 Å². The van der Waals surface area contributed by atoms with Gasteiger partial charge in [0.25, 0.3) is 5.16 Å². The van der Waals surface area contributed by atoms with Crippen LogP contribution in [0.5, 0.6) is 0 Å². The Labute approximate surface area is 97.8 Å². The molecule has 0 N–H and O–H groups in total. The Bertz CT molecular complexity index is 497. The quantitative estimate of drug-likeness (QED) is 0.679. The molecule has 2 rings (SSSR count). The van der Waals surface area contributed by atoms with Gasteiger partial charge < -0.3 is 9.47 Å². The van der Waals surface area contributed by atoms with Crippen molar-refractivity contribution in [2.45, 2.75) is 17.6 Å². The Balaban J connectivity index is 2.35. The summed E-state index contributed by atoms with van der Waals surface area (Å²) in [6.45, 7) is 1.32. The lowest BCUT2D eigenvalue weighted by atomic mass is 10.1. The molecular formula is C8H12FN3O4S. The number of rotatable bonds is 5. The van der Waals surface area contributed by atoms with Crippen LogP contribution in [-0.2, 0) is 26.2 Å². The topological polar surface area (TPSA) is 83.3 Å². The van der Waals surface area contributed by atoms with E-state index in [2.05, 4.69) is 10.2 Å². The summed E-state index contributed by atoms with van der Waals surface area (Å²) in [6.07, 6.45) is 0. The zero-order valence-electron chi connectivity index (χ0n) is 9.17. The molecule has 0 saturated carbocycles. The smallest absolute Gasteiger partial charge is 0.368 e. The summed E-state index contributed by atoms with van der Waals surface area (Å²) in [5, 5.41) is 6.43. The van der Waals surface area contributed by atoms with Crippen molar-refractivity contribution < 1.29 is 21.8 Å². The van der Waals surface area contributed by atoms with Crippen molar-refractivity contribution in [2.75, 3.05) is 26.9 Å². The molecule has 9 heteroatoms. The summed E-state index contributed by atoms with van der Waals surface area (Å²) in [6, 6.07) is 0. The zero-order chi connectivity index (χ0) is 12.5. The third-order valence-corrected chi connectivity index (χ3v) is 3.22. The predicted molar refractivity (Wildman–Crippen MR) is 53.8 cm³/mol. The molecule has 1 aliphatic rings. The number of hydrogen-bond donors (Lipinski definition) is 0. The first-order valence-electron chi connectivity index (χ1n) is 4.98. The van der Waals surface area contributed by atoms with E-state index in [-0.39, 0.29) is 19.1 Å². The lowest BCUT2D eigenvalue weighted by Crippen LogP contribution is -2.29. The van der Waals surface area contributed by atoms with Gasteiger partial charge in [-0.25, -0.2) is 0 Å². The summed E-state index contributed by atoms with van der Waals surface area (Å²) in [7, 11) is -3.40. The van der Waals surface area contributed by atoms with E-state index in [1.54, 1.807) is 0 Å². The minimum Gasteiger partial charge on any atom is -0.383 e. The molecule has 0 atom stereocenters. The monoisotopic (exact) mass is 265 g/mol. The number of methoxy groups -OCH3 is 1. The van der Waals surface area contributed by atoms with Crippen molar-refractivity contribution in [2.24, 2.45) is 0 Å². The van der Waals surface area contributed by atoms with Crippen molar-refractivity contribution >= 4 is 10.2 Å². The normalized spacial score (nSPS) is 17.1. The molecule has 2 heterocycles. The lowest BCUT2D eigenvalue weighted by molar-refractivity contribution is 0.00266. The molecule has 1 fully saturated rings. The van der Waals surface area contributed by atoms with Crippen LogP contribution in [0.1, 0.15) is 11.7 Å². The number of ether oxygens (including phenoxy) is 2. The Morgan fingerprint density at radius 3 is 2.71 bits per heavy atom. The molecule has 1 aliphatic heterocycles. The Morgan fingerprint density at radius 2 is 2.24 bits per heavy atom. The molecule has 17 heavy (non-hydrogen) atoms. The molecule has 1 aromatic heterocycles. The molecule has 0 amide bonds. The van der Waals surface area contributed by atoms with Gasteiger partial charge in [0.05, 0.1) is 32.3 Å². The van der Waals surface area contributed by atoms with E-state index in [0.717, 1.165) is 0 Å². The Kier molecular flexibility index (Phi) is 3.40. The first kappa shape index (κ1) is 12.4. The van der Waals surface area contributed by atoms with Gasteiger partial charge in [-0.3, -0.25) is 4.57 Å². The van der Waals surface area contributed by atoms with Crippen molar-refractivity contribution in [3.05, 3.63) is 5.82 Å². The fourth-order valence-corrected chi connectivity index (χ4v) is 2.15. The summed E-state index contributed by atoms with van der Waals surface area (Å²) >= 11 is 0. The molecular weight excluding hydrogens is 253 g/mol. The van der Waals surface area contributed by atoms with Crippen LogP contribution in [0.3, 0.4) is 0 Å². The minimum atomic E-state index is -4.87. The highest BCUT2D eigenvalue weighted by molar-refractivity contribution is 7.86. The van der Waals surface area contributed by atoms with Crippen molar-refractivity contribution in [1.82, 2.24) is 14.8 Å². The van der Waals surface area contributed by atoms with E-state index in [9.17, 15) is 12.3 Å². The van der Waals surface area contributed by atoms with Gasteiger partial charge in [-0.1, -0.05) is 3.89 Å². The van der Waals surface area contributed by atoms with E-state index >= 15 is 0 Å². The van der Waals surface area contributed by atoms with Crippen LogP contribution in [0.4, 0.5) is 3.89 Å². The first-order chi connectivity index (χ1) is 8.04. The van der Waals surface area contributed by atoms with Crippen LogP contribution in [0.2, 0.25) is 0 Å². The third-order valence-electron chi connectivity index (χ3n) is 2.49. The number of nitrogens with zero attached hydrogens (tertiary/aromatic N) is 3. The van der Waals surface area contributed by atoms with Crippen LogP contribution in [0.15, 0.2) is 5.16 Å². The molecule has 96 valence electrons. The maximum atomic E-state index is 13.0. The van der Waals surface area contributed by atoms with Gasteiger partial charge in [-0.05, 0) is 0 Å². The van der Waals surface area contributed by atoms with Gasteiger partial charge in [0.2, 0.25) is 0 Å². The molecule has 0 unspecified atom stereocenters. The number of aromatic nitrogens is 3. The standard InChI is InChI=1S/C8H12FN3O4S/c1-15-3-2-12-7(6-4-16-5-6)10-11-8(12)17(9,13)14/h6H,2-5H2,1H3. The first-order valence-corrected chi connectivity index (χ1v) is 6.37. The second-order valence-corrected chi connectivity index (χ2v) is 4.90. The maximum absolute atomic E-state index is 13.0. The summed E-state index contributed by atoms with van der Waals surface area (Å²) in [5.74, 6) is 0.388. The highest BCUT2D eigenvalue weighted by Gasteiger charge is 2.31. The van der Waals surface area contributed by atoms with Crippen LogP contribution in [-0.4, -0.2) is 50.1 Å². The van der Waals surface area contributed by atoms with Gasteiger partial charge in [-0.15, -0.1) is 10.2 Å². The largest absolute Gasteiger partial charge is 0.383 e. The van der Waals surface area contributed by atoms with Crippen LogP contribution < -0.4 is 0 Å². The van der Waals surface area contributed by atoms with Gasteiger partial charge in [-0.2, -0.15) is 8.42 Å². The molecule has 1 saturated heterocycles. The highest BCUT2D eigenvalue weighted by atomic mass is 32.3. The average Bonchev–Trinajstić information content (AvgIpc) is 2.55. The van der Waals surface area contributed by atoms with E-state index < -0.39 is 15.4 Å². The van der Waals surface area contributed by atoms with Crippen LogP contribution >= 0.6 is 0 Å². The van der Waals surface area contributed by atoms with E-state index in [1.165, 1.54) is 11.7 Å². The fourth-order valence-electron chi connectivity index (χ4n) is 1.56. The Morgan fingerprint density at radius 1 is 1.53 bits per heavy atom. The summed E-state index contributed by atoms with van der Waals surface area (Å²) in [4.78, 5) is 0. The van der Waals surface area contributed by atoms with Crippen molar-refractivity contribution in [3.8, 4) is 0 Å². The van der Waals surface area contributed by atoms with Gasteiger partial charge in [0, 0.05) is 7.11 Å². The van der Waals surface area contributed by atoms with E-state index in [0.29, 0.717) is 19.0 Å². The van der Waals surface area contributed by atoms with Crippen LogP contribution in [0.25, 0.3) is 0 Å². The molecule has 0 aromatic carbocycles. The summed E-state index contributed by atoms with van der Waals surface area (Å²) < 4.78 is 45.8. The SMILES string of the molecule is COCCn1c(C2COC2)nnc1S(=O)(=O)F. The van der Waals surface area contributed by atoms with Crippen LogP contribution in [0, 0.1) is 0 Å². The minimum absolute atomic E-state index is 0.0325. The zero-order valence-corrected chi connectivity index (χ0v) is 9.98. The molecule has 0 radical (unpaired) electrons. The Hall–Kier alpha value is -1.06. The molecule has 7 nitrogen and oxygen atoms in total. The van der Waals surface area contributed by atoms with Gasteiger partial charge in [0.1, 0.15) is 5.82 Å². The fraction of sp³-hybridized carbons (Fsp3) is 0.750. The van der Waals surface area contributed by atoms with Crippen molar-refractivity contribution in [3.63, 3.8) is 0 Å². The third kappa shape index (κ3) is 2.45. The highest BCUT2D eigenvalue weighted by Crippen LogP contribution is 2.24. The molecule has 1 aromatic rings. The number of hydrogen-bond acceptors (Lipinski definition) is 6. The second kappa shape index (κ2) is 4.67. The molecule has 0 spiro atoms. The predicted octanol–water partition coefficient (Wildman–Crippen LogP) is -0.304. The van der Waals surface area contributed by atoms with E-state index in [4.69, 9.17) is 9.47 Å². The average molecular weight is 265 g/mol. The molecule has 0 aliphatic carbocycles. The second-order valence-electron chi connectivity index (χ2n) is 3.66. The summed E-state index contributed by atoms with van der Waals surface area (Å²) in [5.41, 5.74) is 0. The molecule has 0 bridgehead atoms.